The van der Waals surface area contributed by atoms with Crippen molar-refractivity contribution in [1.82, 2.24) is 20.0 Å². The minimum absolute atomic E-state index is 0. The van der Waals surface area contributed by atoms with E-state index in [4.69, 9.17) is 0 Å². The third-order valence-corrected chi connectivity index (χ3v) is 4.98. The fourth-order valence-electron chi connectivity index (χ4n) is 3.70. The lowest BCUT2D eigenvalue weighted by molar-refractivity contribution is 0.121. The summed E-state index contributed by atoms with van der Waals surface area (Å²) in [4.78, 5) is 2.68. The molecule has 0 radical (unpaired) electrons. The van der Waals surface area contributed by atoms with Crippen LogP contribution in [0.25, 0.3) is 0 Å². The maximum absolute atomic E-state index is 4.42. The van der Waals surface area contributed by atoms with Crippen LogP contribution in [0, 0.1) is 18.3 Å². The fraction of sp³-hybridized carbons (Fsp3) is 0.812. The van der Waals surface area contributed by atoms with Gasteiger partial charge in [-0.2, -0.15) is 5.10 Å². The van der Waals surface area contributed by atoms with Gasteiger partial charge in [-0.3, -0.25) is 4.68 Å². The Morgan fingerprint density at radius 1 is 1.38 bits per heavy atom. The molecule has 0 saturated carbocycles. The monoisotopic (exact) mass is 312 g/mol. The van der Waals surface area contributed by atoms with Crippen molar-refractivity contribution in [2.75, 3.05) is 32.7 Å². The van der Waals surface area contributed by atoms with Crippen LogP contribution in [0.15, 0.2) is 12.4 Å². The first-order valence-corrected chi connectivity index (χ1v) is 8.05. The topological polar surface area (TPSA) is 33.1 Å². The van der Waals surface area contributed by atoms with Gasteiger partial charge >= 0.3 is 0 Å². The lowest BCUT2D eigenvalue weighted by Gasteiger charge is -2.37. The van der Waals surface area contributed by atoms with E-state index in [1.165, 1.54) is 57.5 Å². The average molecular weight is 313 g/mol. The summed E-state index contributed by atoms with van der Waals surface area (Å²) in [6.07, 6.45) is 8.10. The zero-order valence-corrected chi connectivity index (χ0v) is 14.2. The molecular formula is C16H29ClN4. The Hall–Kier alpha value is -0.580. The first kappa shape index (κ1) is 16.8. The Morgan fingerprint density at radius 3 is 2.71 bits per heavy atom. The van der Waals surface area contributed by atoms with Crippen LogP contribution in [0.4, 0.5) is 0 Å². The quantitative estimate of drug-likeness (QED) is 0.926. The van der Waals surface area contributed by atoms with Crippen molar-refractivity contribution in [1.29, 1.82) is 0 Å². The zero-order valence-electron chi connectivity index (χ0n) is 13.3. The summed E-state index contributed by atoms with van der Waals surface area (Å²) < 4.78 is 2.12. The highest BCUT2D eigenvalue weighted by Crippen LogP contribution is 2.28. The second kappa shape index (κ2) is 7.12. The Morgan fingerprint density at radius 2 is 2.14 bits per heavy atom. The van der Waals surface area contributed by atoms with E-state index in [-0.39, 0.29) is 12.4 Å². The van der Waals surface area contributed by atoms with E-state index in [0.29, 0.717) is 5.41 Å². The van der Waals surface area contributed by atoms with Crippen LogP contribution in [0.3, 0.4) is 0 Å². The lowest BCUT2D eigenvalue weighted by atomic mass is 9.87. The van der Waals surface area contributed by atoms with E-state index < -0.39 is 0 Å². The number of nitrogens with zero attached hydrogens (tertiary/aromatic N) is 3. The molecule has 21 heavy (non-hydrogen) atoms. The maximum Gasteiger partial charge on any atom is 0.0518 e. The molecule has 0 aromatic carbocycles. The molecule has 0 bridgehead atoms. The number of hydrogen-bond donors (Lipinski definition) is 1. The minimum Gasteiger partial charge on any atom is -0.316 e. The molecule has 0 aliphatic carbocycles. The molecular weight excluding hydrogens is 284 g/mol. The van der Waals surface area contributed by atoms with Crippen molar-refractivity contribution in [3.05, 3.63) is 18.0 Å². The number of hydrogen-bond acceptors (Lipinski definition) is 3. The number of aryl methyl sites for hydroxylation is 1. The Balaban J connectivity index is 0.00000161. The van der Waals surface area contributed by atoms with Gasteiger partial charge in [0.05, 0.1) is 6.20 Å². The summed E-state index contributed by atoms with van der Waals surface area (Å²) in [7, 11) is 0. The highest BCUT2D eigenvalue weighted by Gasteiger charge is 2.32. The van der Waals surface area contributed by atoms with Crippen LogP contribution in [-0.2, 0) is 6.54 Å². The first-order valence-electron chi connectivity index (χ1n) is 8.05. The van der Waals surface area contributed by atoms with Gasteiger partial charge < -0.3 is 10.2 Å². The van der Waals surface area contributed by atoms with Crippen molar-refractivity contribution < 1.29 is 0 Å². The van der Waals surface area contributed by atoms with Gasteiger partial charge in [-0.05, 0) is 62.7 Å². The largest absolute Gasteiger partial charge is 0.316 e. The predicted octanol–water partition coefficient (Wildman–Crippen LogP) is 2.32. The maximum atomic E-state index is 4.42. The molecule has 120 valence electrons. The smallest absolute Gasteiger partial charge is 0.0518 e. The molecule has 1 N–H and O–H groups in total. The molecule has 2 aliphatic heterocycles. The van der Waals surface area contributed by atoms with Crippen LogP contribution < -0.4 is 5.32 Å². The minimum atomic E-state index is 0. The molecule has 1 aromatic rings. The highest BCUT2D eigenvalue weighted by atomic mass is 35.5. The standard InChI is InChI=1S/C16H28N4.ClH/c1-14-9-18-20(10-14)11-15-3-7-19(8-4-15)13-16(2)5-6-17-12-16;/h9-10,15,17H,3-8,11-13H2,1-2H3;1H. The molecule has 0 spiro atoms. The van der Waals surface area contributed by atoms with Gasteiger partial charge in [0.2, 0.25) is 0 Å². The number of nitrogens with one attached hydrogen (secondary N) is 1. The van der Waals surface area contributed by atoms with Crippen molar-refractivity contribution in [2.45, 2.75) is 39.7 Å². The Kier molecular flexibility index (Phi) is 5.69. The molecule has 1 aromatic heterocycles. The molecule has 3 rings (SSSR count). The summed E-state index contributed by atoms with van der Waals surface area (Å²) >= 11 is 0. The Bertz CT molecular complexity index is 431. The molecule has 2 aliphatic rings. The first-order chi connectivity index (χ1) is 9.63. The van der Waals surface area contributed by atoms with Crippen LogP contribution in [0.2, 0.25) is 0 Å². The summed E-state index contributed by atoms with van der Waals surface area (Å²) in [6.45, 7) is 11.8. The van der Waals surface area contributed by atoms with Crippen molar-refractivity contribution >= 4 is 12.4 Å². The van der Waals surface area contributed by atoms with E-state index in [2.05, 4.69) is 40.0 Å². The number of likely N-dealkylation sites (tertiary alicyclic amines) is 1. The normalized spacial score (nSPS) is 27.7. The van der Waals surface area contributed by atoms with Crippen LogP contribution in [0.1, 0.15) is 31.7 Å². The molecule has 1 atom stereocenters. The zero-order chi connectivity index (χ0) is 14.0. The third kappa shape index (κ3) is 4.44. The number of piperidine rings is 1. The summed E-state index contributed by atoms with van der Waals surface area (Å²) in [5, 5.41) is 7.93. The SMILES string of the molecule is Cc1cnn(CC2CCN(CC3(C)CCNC3)CC2)c1.Cl. The number of rotatable bonds is 4. The van der Waals surface area contributed by atoms with E-state index in [1.54, 1.807) is 0 Å². The van der Waals surface area contributed by atoms with Crippen LogP contribution in [0.5, 0.6) is 0 Å². The second-order valence-electron chi connectivity index (χ2n) is 7.20. The van der Waals surface area contributed by atoms with E-state index in [9.17, 15) is 0 Å². The van der Waals surface area contributed by atoms with Crippen molar-refractivity contribution in [3.8, 4) is 0 Å². The van der Waals surface area contributed by atoms with Gasteiger partial charge in [0.25, 0.3) is 0 Å². The number of halogens is 1. The number of aromatic nitrogens is 2. The Labute approximate surface area is 134 Å². The van der Waals surface area contributed by atoms with Crippen LogP contribution in [-0.4, -0.2) is 47.4 Å². The van der Waals surface area contributed by atoms with Gasteiger partial charge in [0, 0.05) is 25.8 Å². The molecule has 2 saturated heterocycles. The van der Waals surface area contributed by atoms with Crippen molar-refractivity contribution in [3.63, 3.8) is 0 Å². The summed E-state index contributed by atoms with van der Waals surface area (Å²) in [6, 6.07) is 0. The molecule has 1 unspecified atom stereocenters. The molecule has 2 fully saturated rings. The van der Waals surface area contributed by atoms with Crippen LogP contribution >= 0.6 is 12.4 Å². The predicted molar refractivity (Wildman–Crippen MR) is 89.0 cm³/mol. The van der Waals surface area contributed by atoms with Gasteiger partial charge in [0.1, 0.15) is 0 Å². The molecule has 5 heteroatoms. The molecule has 3 heterocycles. The summed E-state index contributed by atoms with van der Waals surface area (Å²) in [5.74, 6) is 0.806. The average Bonchev–Trinajstić information content (AvgIpc) is 3.01. The van der Waals surface area contributed by atoms with Gasteiger partial charge in [-0.1, -0.05) is 6.92 Å². The highest BCUT2D eigenvalue weighted by molar-refractivity contribution is 5.85. The van der Waals surface area contributed by atoms with Gasteiger partial charge in [-0.25, -0.2) is 0 Å². The molecule has 0 amide bonds. The lowest BCUT2D eigenvalue weighted by Crippen LogP contribution is -2.42. The van der Waals surface area contributed by atoms with E-state index in [0.717, 1.165) is 12.5 Å². The second-order valence-corrected chi connectivity index (χ2v) is 7.20. The summed E-state index contributed by atoms with van der Waals surface area (Å²) in [5.41, 5.74) is 1.77. The van der Waals surface area contributed by atoms with Crippen molar-refractivity contribution in [2.24, 2.45) is 11.3 Å². The fourth-order valence-corrected chi connectivity index (χ4v) is 3.70. The van der Waals surface area contributed by atoms with E-state index >= 15 is 0 Å². The molecule has 4 nitrogen and oxygen atoms in total. The van der Waals surface area contributed by atoms with Gasteiger partial charge in [-0.15, -0.1) is 12.4 Å². The third-order valence-electron chi connectivity index (χ3n) is 4.98. The van der Waals surface area contributed by atoms with Gasteiger partial charge in [0.15, 0.2) is 0 Å². The van der Waals surface area contributed by atoms with E-state index in [1.807, 2.05) is 6.20 Å².